The lowest BCUT2D eigenvalue weighted by molar-refractivity contribution is -0.384. The smallest absolute Gasteiger partial charge is 0.287 e. The Morgan fingerprint density at radius 1 is 1.17 bits per heavy atom. The van der Waals surface area contributed by atoms with Crippen LogP contribution in [-0.4, -0.2) is 22.6 Å². The van der Waals surface area contributed by atoms with Gasteiger partial charge < -0.3 is 4.74 Å². The summed E-state index contributed by atoms with van der Waals surface area (Å²) in [4.78, 5) is 36.4. The molecule has 0 aromatic heterocycles. The van der Waals surface area contributed by atoms with Crippen LogP contribution >= 0.6 is 27.5 Å². The third-order valence-electron chi connectivity index (χ3n) is 5.21. The zero-order valence-corrected chi connectivity index (χ0v) is 17.4. The van der Waals surface area contributed by atoms with Gasteiger partial charge in [0.15, 0.2) is 11.9 Å². The van der Waals surface area contributed by atoms with Crippen molar-refractivity contribution in [2.24, 2.45) is 0 Å². The molecular formula is C21H15BrClNO5. The molecule has 0 spiro atoms. The number of nitro benzene ring substituents is 1. The molecular weight excluding hydrogens is 462 g/mol. The van der Waals surface area contributed by atoms with E-state index in [4.69, 9.17) is 16.3 Å². The average molecular weight is 477 g/mol. The number of ether oxygens (including phenoxy) is 1. The zero-order valence-electron chi connectivity index (χ0n) is 15.1. The van der Waals surface area contributed by atoms with E-state index in [9.17, 15) is 19.7 Å². The van der Waals surface area contributed by atoms with Crippen LogP contribution in [0.15, 0.2) is 58.3 Å². The van der Waals surface area contributed by atoms with Gasteiger partial charge in [0.05, 0.1) is 10.8 Å². The molecule has 0 radical (unpaired) electrons. The number of carbonyl (C=O) groups excluding carboxylic acids is 2. The first-order chi connectivity index (χ1) is 13.9. The number of ketones is 2. The van der Waals surface area contributed by atoms with E-state index < -0.39 is 16.9 Å². The van der Waals surface area contributed by atoms with Crippen LogP contribution in [0.4, 0.5) is 5.69 Å². The third-order valence-corrected chi connectivity index (χ3v) is 6.04. The second-order valence-electron chi connectivity index (χ2n) is 6.97. The SMILES string of the molecule is O=C1CCCC2=C1[C@@H](c1ccc([N+](=O)[O-])c(Cl)c1)[C@H](C(=O)c1ccc(Br)cc1)O2. The lowest BCUT2D eigenvalue weighted by atomic mass is 9.80. The van der Waals surface area contributed by atoms with Gasteiger partial charge in [-0.1, -0.05) is 45.7 Å². The number of carbonyl (C=O) groups is 2. The number of benzene rings is 2. The summed E-state index contributed by atoms with van der Waals surface area (Å²) in [5.41, 5.74) is 1.27. The highest BCUT2D eigenvalue weighted by Gasteiger charge is 2.46. The van der Waals surface area contributed by atoms with Gasteiger partial charge in [-0.3, -0.25) is 19.7 Å². The molecule has 1 aliphatic carbocycles. The maximum atomic E-state index is 13.2. The van der Waals surface area contributed by atoms with Gasteiger partial charge >= 0.3 is 0 Å². The lowest BCUT2D eigenvalue weighted by Crippen LogP contribution is -2.28. The topological polar surface area (TPSA) is 86.5 Å². The number of nitrogens with zero attached hydrogens (tertiary/aromatic N) is 1. The van der Waals surface area contributed by atoms with Gasteiger partial charge in [-0.2, -0.15) is 0 Å². The van der Waals surface area contributed by atoms with Crippen molar-refractivity contribution >= 4 is 44.8 Å². The lowest BCUT2D eigenvalue weighted by Gasteiger charge is -2.21. The zero-order chi connectivity index (χ0) is 20.7. The normalized spacial score (nSPS) is 21.0. The van der Waals surface area contributed by atoms with Crippen LogP contribution in [0.25, 0.3) is 0 Å². The van der Waals surface area contributed by atoms with E-state index in [0.717, 1.165) is 4.47 Å². The molecule has 6 nitrogen and oxygen atoms in total. The molecule has 148 valence electrons. The van der Waals surface area contributed by atoms with Crippen molar-refractivity contribution in [3.8, 4) is 0 Å². The van der Waals surface area contributed by atoms with Crippen molar-refractivity contribution in [3.63, 3.8) is 0 Å². The first-order valence-electron chi connectivity index (χ1n) is 9.03. The molecule has 0 fully saturated rings. The Kier molecular flexibility index (Phi) is 5.27. The Bertz CT molecular complexity index is 1060. The Labute approximate surface area is 179 Å². The summed E-state index contributed by atoms with van der Waals surface area (Å²) in [6.45, 7) is 0. The number of allylic oxidation sites excluding steroid dienone is 1. The van der Waals surface area contributed by atoms with Crippen LogP contribution in [0.1, 0.15) is 41.1 Å². The highest BCUT2D eigenvalue weighted by molar-refractivity contribution is 9.10. The molecule has 0 saturated carbocycles. The van der Waals surface area contributed by atoms with Crippen molar-refractivity contribution in [3.05, 3.63) is 84.5 Å². The van der Waals surface area contributed by atoms with Crippen LogP contribution in [0, 0.1) is 10.1 Å². The molecule has 0 bridgehead atoms. The maximum absolute atomic E-state index is 13.2. The molecule has 2 aromatic carbocycles. The highest BCUT2D eigenvalue weighted by Crippen LogP contribution is 2.46. The standard InChI is InChI=1S/C21H15BrClNO5/c22-13-7-4-11(5-8-13)20(26)21-18(19-16(25)2-1-3-17(19)29-21)12-6-9-15(24(27)28)14(23)10-12/h4-10,18,21H,1-3H2/t18-,21-/m1/s1. The molecule has 1 aliphatic heterocycles. The van der Waals surface area contributed by atoms with E-state index in [1.54, 1.807) is 24.3 Å². The van der Waals surface area contributed by atoms with E-state index in [1.165, 1.54) is 18.2 Å². The van der Waals surface area contributed by atoms with Gasteiger partial charge in [0, 0.05) is 34.5 Å². The molecule has 0 saturated heterocycles. The number of nitro groups is 1. The summed E-state index contributed by atoms with van der Waals surface area (Å²) in [5.74, 6) is -0.417. The van der Waals surface area contributed by atoms with Crippen LogP contribution in [-0.2, 0) is 9.53 Å². The third kappa shape index (κ3) is 3.60. The molecule has 1 heterocycles. The maximum Gasteiger partial charge on any atom is 0.287 e. The fourth-order valence-electron chi connectivity index (χ4n) is 3.87. The molecule has 4 rings (SSSR count). The quantitative estimate of drug-likeness (QED) is 0.336. The molecule has 0 unspecified atom stereocenters. The fourth-order valence-corrected chi connectivity index (χ4v) is 4.39. The minimum Gasteiger partial charge on any atom is -0.485 e. The van der Waals surface area contributed by atoms with Gasteiger partial charge in [0.25, 0.3) is 5.69 Å². The Morgan fingerprint density at radius 3 is 2.55 bits per heavy atom. The second-order valence-corrected chi connectivity index (χ2v) is 8.29. The monoisotopic (exact) mass is 475 g/mol. The largest absolute Gasteiger partial charge is 0.485 e. The minimum atomic E-state index is -0.916. The van der Waals surface area contributed by atoms with E-state index in [1.807, 2.05) is 0 Å². The molecule has 2 atom stereocenters. The first kappa shape index (κ1) is 19.8. The molecule has 2 aromatic rings. The highest BCUT2D eigenvalue weighted by atomic mass is 79.9. The van der Waals surface area contributed by atoms with Crippen LogP contribution in [0.2, 0.25) is 5.02 Å². The summed E-state index contributed by atoms with van der Waals surface area (Å²) < 4.78 is 6.83. The number of Topliss-reactive ketones (excluding diaryl/α,β-unsaturated/α-hetero) is 2. The minimum absolute atomic E-state index is 0.0420. The van der Waals surface area contributed by atoms with Gasteiger partial charge in [0.2, 0.25) is 5.78 Å². The van der Waals surface area contributed by atoms with Crippen molar-refractivity contribution in [1.29, 1.82) is 0 Å². The summed E-state index contributed by atoms with van der Waals surface area (Å²) in [6.07, 6.45) is 0.728. The van der Waals surface area contributed by atoms with Crippen molar-refractivity contribution in [2.75, 3.05) is 0 Å². The van der Waals surface area contributed by atoms with Crippen LogP contribution in [0.5, 0.6) is 0 Å². The fraction of sp³-hybridized carbons (Fsp3) is 0.238. The van der Waals surface area contributed by atoms with Gasteiger partial charge in [-0.15, -0.1) is 0 Å². The predicted octanol–water partition coefficient (Wildman–Crippen LogP) is 5.38. The van der Waals surface area contributed by atoms with Crippen molar-refractivity contribution < 1.29 is 19.2 Å². The summed E-state index contributed by atoms with van der Waals surface area (Å²) >= 11 is 9.45. The Morgan fingerprint density at radius 2 is 1.90 bits per heavy atom. The number of hydrogen-bond donors (Lipinski definition) is 0. The first-order valence-corrected chi connectivity index (χ1v) is 10.2. The van der Waals surface area contributed by atoms with E-state index in [-0.39, 0.29) is 22.3 Å². The molecule has 29 heavy (non-hydrogen) atoms. The van der Waals surface area contributed by atoms with Gasteiger partial charge in [-0.25, -0.2) is 0 Å². The van der Waals surface area contributed by atoms with E-state index in [2.05, 4.69) is 15.9 Å². The summed E-state index contributed by atoms with van der Waals surface area (Å²) in [7, 11) is 0. The molecule has 0 N–H and O–H groups in total. The Hall–Kier alpha value is -2.51. The second kappa shape index (κ2) is 7.72. The number of hydrogen-bond acceptors (Lipinski definition) is 5. The van der Waals surface area contributed by atoms with Crippen LogP contribution in [0.3, 0.4) is 0 Å². The van der Waals surface area contributed by atoms with Gasteiger partial charge in [-0.05, 0) is 30.2 Å². The summed E-state index contributed by atoms with van der Waals surface area (Å²) in [5, 5.41) is 11.1. The molecule has 8 heteroatoms. The summed E-state index contributed by atoms with van der Waals surface area (Å²) in [6, 6.07) is 11.2. The Balaban J connectivity index is 1.78. The van der Waals surface area contributed by atoms with Crippen molar-refractivity contribution in [1.82, 2.24) is 0 Å². The number of halogens is 2. The number of rotatable bonds is 4. The predicted molar refractivity (Wildman–Crippen MR) is 110 cm³/mol. The van der Waals surface area contributed by atoms with Crippen LogP contribution < -0.4 is 0 Å². The molecule has 2 aliphatic rings. The average Bonchev–Trinajstić information content (AvgIpc) is 3.08. The van der Waals surface area contributed by atoms with E-state index >= 15 is 0 Å². The van der Waals surface area contributed by atoms with E-state index in [0.29, 0.717) is 41.7 Å². The van der Waals surface area contributed by atoms with Gasteiger partial charge in [0.1, 0.15) is 10.8 Å². The molecule has 0 amide bonds. The van der Waals surface area contributed by atoms with Crippen molar-refractivity contribution in [2.45, 2.75) is 31.3 Å².